The van der Waals surface area contributed by atoms with Crippen LogP contribution in [0.1, 0.15) is 27.9 Å². The van der Waals surface area contributed by atoms with Gasteiger partial charge in [-0.15, -0.1) is 0 Å². The number of amides is 1. The third-order valence-electron chi connectivity index (χ3n) is 6.04. The fourth-order valence-electron chi connectivity index (χ4n) is 3.99. The third-order valence-corrected chi connectivity index (χ3v) is 6.04. The number of nitrogens with one attached hydrogen (secondary N) is 2. The molecular weight excluding hydrogens is 516 g/mol. The van der Waals surface area contributed by atoms with Gasteiger partial charge in [-0.25, -0.2) is 14.4 Å². The van der Waals surface area contributed by atoms with Gasteiger partial charge in [0.1, 0.15) is 23.4 Å². The van der Waals surface area contributed by atoms with Crippen LogP contribution in [0.4, 0.5) is 34.6 Å². The standard InChI is InChI=1S/C26H26F4N8O/c1-3-33-21-12-34-25(38-9-8-16(27)13-38)37-22(21)23(32)36-20-10-15(5-4-14(20)2)24(39)35-17-6-7-19(31)18(11-17)26(28,29)30/h3-7,10-12,16,36H,1,8-9,13,31-32H2,2H3,(H,35,39)/b23-22-,33-21-/t16-/m0/s1. The van der Waals surface area contributed by atoms with Crippen LogP contribution in [0, 0.1) is 6.92 Å². The minimum absolute atomic E-state index is 0.0655. The number of aliphatic imine (C=N–C) groups is 3. The Labute approximate surface area is 221 Å². The van der Waals surface area contributed by atoms with Crippen molar-refractivity contribution >= 4 is 40.9 Å². The molecule has 2 aromatic carbocycles. The van der Waals surface area contributed by atoms with E-state index in [2.05, 4.69) is 32.2 Å². The molecule has 0 spiro atoms. The van der Waals surface area contributed by atoms with Gasteiger partial charge < -0.3 is 27.0 Å². The van der Waals surface area contributed by atoms with Gasteiger partial charge in [0.15, 0.2) is 0 Å². The molecule has 1 fully saturated rings. The fraction of sp³-hybridized carbons (Fsp3) is 0.231. The minimum atomic E-state index is -4.67. The van der Waals surface area contributed by atoms with Gasteiger partial charge in [0.2, 0.25) is 5.96 Å². The second-order valence-corrected chi connectivity index (χ2v) is 8.87. The van der Waals surface area contributed by atoms with Crippen LogP contribution in [0.15, 0.2) is 75.7 Å². The molecule has 2 heterocycles. The smallest absolute Gasteiger partial charge is 0.398 e. The highest BCUT2D eigenvalue weighted by Gasteiger charge is 2.33. The molecule has 2 aliphatic heterocycles. The van der Waals surface area contributed by atoms with E-state index in [1.807, 2.05) is 0 Å². The maximum Gasteiger partial charge on any atom is 0.418 e. The molecule has 13 heteroatoms. The number of likely N-dealkylation sites (tertiary alicyclic amines) is 1. The Kier molecular flexibility index (Phi) is 7.70. The molecule has 9 nitrogen and oxygen atoms in total. The molecule has 0 bridgehead atoms. The number of allylic oxidation sites excluding steroid dienone is 1. The van der Waals surface area contributed by atoms with Gasteiger partial charge in [-0.05, 0) is 49.2 Å². The number of nitrogen functional groups attached to an aromatic ring is 1. The predicted molar refractivity (Wildman–Crippen MR) is 144 cm³/mol. The van der Waals surface area contributed by atoms with Gasteiger partial charge in [0.25, 0.3) is 5.91 Å². The van der Waals surface area contributed by atoms with Crippen LogP contribution in [-0.4, -0.2) is 48.0 Å². The monoisotopic (exact) mass is 542 g/mol. The average Bonchev–Trinajstić information content (AvgIpc) is 3.32. The van der Waals surface area contributed by atoms with Gasteiger partial charge in [-0.1, -0.05) is 12.6 Å². The van der Waals surface area contributed by atoms with E-state index in [9.17, 15) is 22.4 Å². The molecule has 0 aromatic heterocycles. The maximum atomic E-state index is 13.7. The van der Waals surface area contributed by atoms with Crippen molar-refractivity contribution in [2.45, 2.75) is 25.7 Å². The third kappa shape index (κ3) is 6.25. The predicted octanol–water partition coefficient (Wildman–Crippen LogP) is 4.46. The number of carbonyl (C=O) groups is 1. The first kappa shape index (κ1) is 27.4. The topological polar surface area (TPSA) is 133 Å². The molecule has 4 rings (SSSR count). The molecule has 2 aromatic rings. The first-order valence-electron chi connectivity index (χ1n) is 11.8. The Hall–Kier alpha value is -4.68. The highest BCUT2D eigenvalue weighted by molar-refractivity contribution is 6.41. The lowest BCUT2D eigenvalue weighted by atomic mass is 10.1. The summed E-state index contributed by atoms with van der Waals surface area (Å²) in [7, 11) is 0. The van der Waals surface area contributed by atoms with Gasteiger partial charge in [0, 0.05) is 35.4 Å². The molecule has 1 amide bonds. The number of alkyl halides is 4. The Morgan fingerprint density at radius 2 is 2.00 bits per heavy atom. The number of rotatable bonds is 5. The number of hydrogen-bond donors (Lipinski definition) is 4. The molecule has 1 atom stereocenters. The van der Waals surface area contributed by atoms with E-state index in [4.69, 9.17) is 11.5 Å². The molecule has 2 aliphatic rings. The second kappa shape index (κ2) is 11.0. The van der Waals surface area contributed by atoms with E-state index in [0.717, 1.165) is 17.7 Å². The van der Waals surface area contributed by atoms with E-state index in [1.165, 1.54) is 30.6 Å². The maximum absolute atomic E-state index is 13.7. The number of nitrogens with two attached hydrogens (primary N) is 2. The van der Waals surface area contributed by atoms with Crippen LogP contribution >= 0.6 is 0 Å². The van der Waals surface area contributed by atoms with Crippen molar-refractivity contribution in [3.8, 4) is 0 Å². The molecule has 0 saturated carbocycles. The van der Waals surface area contributed by atoms with Crippen LogP contribution in [-0.2, 0) is 6.18 Å². The van der Waals surface area contributed by atoms with E-state index in [0.29, 0.717) is 30.3 Å². The SMILES string of the molecule is C=C/N=C1/C=NC(N2CC[C@H](F)C2)=N/C1=C(/N)Nc1cc(C(=O)Nc2ccc(N)c(C(F)(F)F)c2)ccc1C. The minimum Gasteiger partial charge on any atom is -0.398 e. The zero-order valence-corrected chi connectivity index (χ0v) is 20.9. The zero-order chi connectivity index (χ0) is 28.3. The number of halogens is 4. The van der Waals surface area contributed by atoms with E-state index < -0.39 is 29.5 Å². The molecule has 6 N–H and O–H groups in total. The lowest BCUT2D eigenvalue weighted by Crippen LogP contribution is -2.32. The van der Waals surface area contributed by atoms with Crippen molar-refractivity contribution < 1.29 is 22.4 Å². The fourth-order valence-corrected chi connectivity index (χ4v) is 3.99. The number of anilines is 3. The summed E-state index contributed by atoms with van der Waals surface area (Å²) in [6.45, 7) is 5.99. The van der Waals surface area contributed by atoms with Crippen LogP contribution in [0.3, 0.4) is 0 Å². The molecule has 1 saturated heterocycles. The quantitative estimate of drug-likeness (QED) is 0.327. The Balaban J connectivity index is 1.60. The zero-order valence-electron chi connectivity index (χ0n) is 20.9. The number of aryl methyl sites for hydroxylation is 1. The second-order valence-electron chi connectivity index (χ2n) is 8.87. The van der Waals surface area contributed by atoms with Crippen molar-refractivity contribution in [1.82, 2.24) is 4.90 Å². The Morgan fingerprint density at radius 3 is 2.67 bits per heavy atom. The number of nitrogens with zero attached hydrogens (tertiary/aromatic N) is 4. The summed E-state index contributed by atoms with van der Waals surface area (Å²) in [5.41, 5.74) is 12.1. The van der Waals surface area contributed by atoms with Gasteiger partial charge in [-0.2, -0.15) is 13.2 Å². The number of carbonyl (C=O) groups excluding carboxylic acids is 1. The highest BCUT2D eigenvalue weighted by atomic mass is 19.4. The van der Waals surface area contributed by atoms with Crippen molar-refractivity contribution in [2.75, 3.05) is 29.5 Å². The first-order chi connectivity index (χ1) is 18.5. The van der Waals surface area contributed by atoms with Crippen LogP contribution in [0.2, 0.25) is 0 Å². The summed E-state index contributed by atoms with van der Waals surface area (Å²) in [5.74, 6) is -0.260. The number of benzene rings is 2. The summed E-state index contributed by atoms with van der Waals surface area (Å²) in [6.07, 6.45) is -2.51. The van der Waals surface area contributed by atoms with Crippen LogP contribution in [0.5, 0.6) is 0 Å². The van der Waals surface area contributed by atoms with Crippen molar-refractivity contribution in [3.63, 3.8) is 0 Å². The average molecular weight is 543 g/mol. The molecular formula is C26H26F4N8O. The molecule has 39 heavy (non-hydrogen) atoms. The van der Waals surface area contributed by atoms with Crippen LogP contribution in [0.25, 0.3) is 0 Å². The summed E-state index contributed by atoms with van der Waals surface area (Å²) in [5, 5.41) is 5.47. The van der Waals surface area contributed by atoms with Crippen molar-refractivity contribution in [1.29, 1.82) is 0 Å². The highest BCUT2D eigenvalue weighted by Crippen LogP contribution is 2.35. The number of hydrogen-bond acceptors (Lipinski definition) is 8. The lowest BCUT2D eigenvalue weighted by Gasteiger charge is -2.21. The Bertz CT molecular complexity index is 1430. The van der Waals surface area contributed by atoms with Gasteiger partial charge in [0.05, 0.1) is 18.3 Å². The summed E-state index contributed by atoms with van der Waals surface area (Å²) in [6, 6.07) is 7.81. The molecule has 204 valence electrons. The van der Waals surface area contributed by atoms with E-state index in [-0.39, 0.29) is 29.3 Å². The molecule has 0 aliphatic carbocycles. The summed E-state index contributed by atoms with van der Waals surface area (Å²) >= 11 is 0. The normalized spacial score (nSPS) is 19.6. The van der Waals surface area contributed by atoms with E-state index >= 15 is 0 Å². The largest absolute Gasteiger partial charge is 0.418 e. The first-order valence-corrected chi connectivity index (χ1v) is 11.8. The Morgan fingerprint density at radius 1 is 1.23 bits per heavy atom. The molecule has 0 radical (unpaired) electrons. The molecule has 0 unspecified atom stereocenters. The van der Waals surface area contributed by atoms with Gasteiger partial charge >= 0.3 is 6.18 Å². The summed E-state index contributed by atoms with van der Waals surface area (Å²) < 4.78 is 53.3. The van der Waals surface area contributed by atoms with Crippen LogP contribution < -0.4 is 22.1 Å². The number of guanidine groups is 1. The summed E-state index contributed by atoms with van der Waals surface area (Å²) in [4.78, 5) is 27.5. The van der Waals surface area contributed by atoms with E-state index in [1.54, 1.807) is 17.9 Å². The van der Waals surface area contributed by atoms with Crippen molar-refractivity contribution in [3.05, 3.63) is 77.4 Å². The van der Waals surface area contributed by atoms with Crippen molar-refractivity contribution in [2.24, 2.45) is 20.7 Å². The van der Waals surface area contributed by atoms with Gasteiger partial charge in [-0.3, -0.25) is 9.79 Å². The lowest BCUT2D eigenvalue weighted by molar-refractivity contribution is -0.136.